The summed E-state index contributed by atoms with van der Waals surface area (Å²) < 4.78 is 6.05. The average Bonchev–Trinajstić information content (AvgIpc) is 3.12. The molecule has 2 heterocycles. The van der Waals surface area contributed by atoms with Crippen LogP contribution >= 0.6 is 0 Å². The Morgan fingerprint density at radius 1 is 1.00 bits per heavy atom. The Hall–Kier alpha value is -3.60. The number of anilines is 2. The summed E-state index contributed by atoms with van der Waals surface area (Å²) in [5.41, 5.74) is 3.39. The van der Waals surface area contributed by atoms with Gasteiger partial charge in [0.25, 0.3) is 5.91 Å². The number of hydrogen-bond acceptors (Lipinski definition) is 4. The minimum absolute atomic E-state index is 0.0430. The third-order valence-electron chi connectivity index (χ3n) is 6.17. The van der Waals surface area contributed by atoms with Crippen molar-refractivity contribution in [2.24, 2.45) is 5.41 Å². The molecule has 5 heteroatoms. The summed E-state index contributed by atoms with van der Waals surface area (Å²) in [7, 11) is 0. The third kappa shape index (κ3) is 3.44. The van der Waals surface area contributed by atoms with Crippen LogP contribution < -0.4 is 10.2 Å². The number of allylic oxidation sites excluding steroid dienone is 1. The van der Waals surface area contributed by atoms with Crippen LogP contribution in [0.4, 0.5) is 11.4 Å². The molecule has 0 bridgehead atoms. The van der Waals surface area contributed by atoms with E-state index in [1.54, 1.807) is 17.0 Å². The maximum absolute atomic E-state index is 13.9. The summed E-state index contributed by atoms with van der Waals surface area (Å²) >= 11 is 0. The highest BCUT2D eigenvalue weighted by molar-refractivity contribution is 6.11. The second-order valence-electron chi connectivity index (χ2n) is 9.37. The summed E-state index contributed by atoms with van der Waals surface area (Å²) in [5.74, 6) is 1.20. The number of nitrogens with one attached hydrogen (secondary N) is 1. The van der Waals surface area contributed by atoms with Gasteiger partial charge in [0.15, 0.2) is 5.78 Å². The van der Waals surface area contributed by atoms with E-state index in [4.69, 9.17) is 4.42 Å². The van der Waals surface area contributed by atoms with Crippen LogP contribution in [0.1, 0.15) is 54.6 Å². The topological polar surface area (TPSA) is 62.6 Å². The molecule has 3 aromatic rings. The average molecular weight is 427 g/mol. The second-order valence-corrected chi connectivity index (χ2v) is 9.37. The molecule has 0 saturated carbocycles. The molecule has 0 saturated heterocycles. The highest BCUT2D eigenvalue weighted by Gasteiger charge is 2.44. The Kier molecular flexibility index (Phi) is 4.77. The molecule has 2 aromatic carbocycles. The van der Waals surface area contributed by atoms with Crippen LogP contribution in [0.25, 0.3) is 0 Å². The molecule has 32 heavy (non-hydrogen) atoms. The molecule has 1 N–H and O–H groups in total. The number of nitrogens with zero attached hydrogens (tertiary/aromatic N) is 1. The van der Waals surface area contributed by atoms with Crippen LogP contribution in [-0.2, 0) is 4.79 Å². The van der Waals surface area contributed by atoms with E-state index in [2.05, 4.69) is 19.2 Å². The van der Waals surface area contributed by atoms with E-state index in [0.717, 1.165) is 22.8 Å². The molecule has 5 nitrogen and oxygen atoms in total. The molecule has 1 aliphatic heterocycles. The predicted molar refractivity (Wildman–Crippen MR) is 125 cm³/mol. The molecule has 2 aliphatic rings. The first-order valence-corrected chi connectivity index (χ1v) is 10.9. The first-order valence-electron chi connectivity index (χ1n) is 10.9. The van der Waals surface area contributed by atoms with Gasteiger partial charge in [-0.1, -0.05) is 44.2 Å². The van der Waals surface area contributed by atoms with E-state index in [1.807, 2.05) is 61.5 Å². The molecule has 0 fully saturated rings. The Morgan fingerprint density at radius 2 is 1.72 bits per heavy atom. The Bertz CT molecular complexity index is 1240. The highest BCUT2D eigenvalue weighted by atomic mass is 16.3. The molecule has 1 aromatic heterocycles. The van der Waals surface area contributed by atoms with Gasteiger partial charge in [-0.15, -0.1) is 0 Å². The number of fused-ring (bicyclic) bond motifs is 1. The van der Waals surface area contributed by atoms with Crippen LogP contribution in [0, 0.1) is 12.3 Å². The Balaban J connectivity index is 1.79. The van der Waals surface area contributed by atoms with Crippen molar-refractivity contribution in [1.82, 2.24) is 0 Å². The van der Waals surface area contributed by atoms with E-state index in [-0.39, 0.29) is 17.1 Å². The van der Waals surface area contributed by atoms with E-state index < -0.39 is 6.04 Å². The van der Waals surface area contributed by atoms with Crippen molar-refractivity contribution >= 4 is 23.1 Å². The molecule has 1 aliphatic carbocycles. The molecule has 0 unspecified atom stereocenters. The van der Waals surface area contributed by atoms with Gasteiger partial charge < -0.3 is 9.73 Å². The van der Waals surface area contributed by atoms with E-state index in [1.165, 1.54) is 0 Å². The molecule has 1 amide bonds. The monoisotopic (exact) mass is 426 g/mol. The van der Waals surface area contributed by atoms with Crippen molar-refractivity contribution in [2.75, 3.05) is 10.2 Å². The van der Waals surface area contributed by atoms with Gasteiger partial charge in [0.2, 0.25) is 0 Å². The predicted octanol–water partition coefficient (Wildman–Crippen LogP) is 6.04. The summed E-state index contributed by atoms with van der Waals surface area (Å²) in [4.78, 5) is 29.2. The lowest BCUT2D eigenvalue weighted by Crippen LogP contribution is -2.39. The van der Waals surface area contributed by atoms with Gasteiger partial charge in [-0.25, -0.2) is 0 Å². The molecular weight excluding hydrogens is 400 g/mol. The number of rotatable bonds is 2. The van der Waals surface area contributed by atoms with Crippen LogP contribution in [0.5, 0.6) is 0 Å². The van der Waals surface area contributed by atoms with Crippen LogP contribution in [0.15, 0.2) is 82.4 Å². The number of para-hydroxylation sites is 2. The van der Waals surface area contributed by atoms with Crippen molar-refractivity contribution in [3.63, 3.8) is 0 Å². The second kappa shape index (κ2) is 7.52. The van der Waals surface area contributed by atoms with Gasteiger partial charge in [-0.05, 0) is 55.2 Å². The Morgan fingerprint density at radius 3 is 2.44 bits per heavy atom. The molecule has 162 valence electrons. The van der Waals surface area contributed by atoms with Crippen LogP contribution in [0.2, 0.25) is 0 Å². The summed E-state index contributed by atoms with van der Waals surface area (Å²) in [6, 6.07) is 20.0. The van der Waals surface area contributed by atoms with Gasteiger partial charge in [-0.2, -0.15) is 0 Å². The van der Waals surface area contributed by atoms with Crippen molar-refractivity contribution in [1.29, 1.82) is 0 Å². The number of ketones is 1. The quantitative estimate of drug-likeness (QED) is 0.542. The largest absolute Gasteiger partial charge is 0.464 e. The van der Waals surface area contributed by atoms with Crippen LogP contribution in [0.3, 0.4) is 0 Å². The van der Waals surface area contributed by atoms with Gasteiger partial charge in [0.1, 0.15) is 17.6 Å². The number of aryl methyl sites for hydroxylation is 1. The number of carbonyl (C=O) groups is 2. The summed E-state index contributed by atoms with van der Waals surface area (Å²) in [6.45, 7) is 6.08. The van der Waals surface area contributed by atoms with Crippen molar-refractivity contribution in [3.8, 4) is 0 Å². The molecule has 0 spiro atoms. The van der Waals surface area contributed by atoms with E-state index >= 15 is 0 Å². The zero-order valence-corrected chi connectivity index (χ0v) is 18.5. The van der Waals surface area contributed by atoms with E-state index in [9.17, 15) is 9.59 Å². The summed E-state index contributed by atoms with van der Waals surface area (Å²) in [5, 5.41) is 3.51. The lowest BCUT2D eigenvalue weighted by Gasteiger charge is -2.36. The number of carbonyl (C=O) groups excluding carboxylic acids is 2. The molecule has 0 radical (unpaired) electrons. The number of furan rings is 1. The third-order valence-corrected chi connectivity index (χ3v) is 6.17. The van der Waals surface area contributed by atoms with Crippen molar-refractivity contribution in [3.05, 3.63) is 95.1 Å². The lowest BCUT2D eigenvalue weighted by molar-refractivity contribution is -0.118. The van der Waals surface area contributed by atoms with Crippen molar-refractivity contribution in [2.45, 2.75) is 39.7 Å². The Labute approximate surface area is 187 Å². The first-order chi connectivity index (χ1) is 15.3. The fraction of sp³-hybridized carbons (Fsp3) is 0.259. The van der Waals surface area contributed by atoms with Gasteiger partial charge in [0, 0.05) is 23.3 Å². The standard InChI is InChI=1S/C27H26N2O3/c1-17-13-14-23(32-17)25-24-20(15-27(2,3)16-22(24)30)28-19-11-7-8-12-21(19)29(25)26(31)18-9-5-4-6-10-18/h4-14,25,28H,15-16H2,1-3H3/t25-/m1/s1. The zero-order chi connectivity index (χ0) is 22.5. The van der Waals surface area contributed by atoms with Gasteiger partial charge >= 0.3 is 0 Å². The SMILES string of the molecule is Cc1ccc([C@@H]2C3=C(CC(C)(C)CC3=O)Nc3ccccc3N2C(=O)c2ccccc2)o1. The zero-order valence-electron chi connectivity index (χ0n) is 18.5. The fourth-order valence-corrected chi connectivity index (χ4v) is 4.80. The number of benzene rings is 2. The van der Waals surface area contributed by atoms with Crippen molar-refractivity contribution < 1.29 is 14.0 Å². The van der Waals surface area contributed by atoms with Crippen LogP contribution in [-0.4, -0.2) is 11.7 Å². The minimum atomic E-state index is -0.647. The fourth-order valence-electron chi connectivity index (χ4n) is 4.80. The highest BCUT2D eigenvalue weighted by Crippen LogP contribution is 2.48. The minimum Gasteiger partial charge on any atom is -0.464 e. The summed E-state index contributed by atoms with van der Waals surface area (Å²) in [6.07, 6.45) is 1.14. The molecular formula is C27H26N2O3. The molecule has 5 rings (SSSR count). The maximum atomic E-state index is 13.9. The smallest absolute Gasteiger partial charge is 0.259 e. The number of hydrogen-bond donors (Lipinski definition) is 1. The first kappa shape index (κ1) is 20.3. The lowest BCUT2D eigenvalue weighted by atomic mass is 9.74. The number of Topliss-reactive ketones (excluding diaryl/α,β-unsaturated/α-hetero) is 1. The normalized spacial score (nSPS) is 19.7. The van der Waals surface area contributed by atoms with Gasteiger partial charge in [0.05, 0.1) is 11.4 Å². The molecule has 1 atom stereocenters. The number of amides is 1. The maximum Gasteiger partial charge on any atom is 0.259 e. The van der Waals surface area contributed by atoms with Gasteiger partial charge in [-0.3, -0.25) is 14.5 Å². The van der Waals surface area contributed by atoms with E-state index in [0.29, 0.717) is 29.7 Å².